The van der Waals surface area contributed by atoms with Gasteiger partial charge in [0.25, 0.3) is 0 Å². The Kier molecular flexibility index (Phi) is 8.72. The first-order valence-electron chi connectivity index (χ1n) is 5.36. The average molecular weight is 241 g/mol. The molecule has 0 heterocycles. The van der Waals surface area contributed by atoms with E-state index in [1.165, 1.54) is 6.92 Å². The summed E-state index contributed by atoms with van der Waals surface area (Å²) in [7, 11) is 0. The summed E-state index contributed by atoms with van der Waals surface area (Å²) in [6.07, 6.45) is -0.320. The molecule has 0 saturated heterocycles. The third kappa shape index (κ3) is 9.35. The van der Waals surface area contributed by atoms with Gasteiger partial charge in [-0.15, -0.1) is 0 Å². The lowest BCUT2D eigenvalue weighted by Gasteiger charge is -2.03. The van der Waals surface area contributed by atoms with Crippen molar-refractivity contribution in [1.82, 2.24) is 0 Å². The van der Waals surface area contributed by atoms with Crippen molar-refractivity contribution in [3.05, 3.63) is 30.3 Å². The van der Waals surface area contributed by atoms with Gasteiger partial charge in [-0.05, 0) is 32.0 Å². The fraction of sp³-hybridized carbons (Fsp3) is 0.417. The first-order chi connectivity index (χ1) is 8.07. The number of carbonyl (C=O) groups is 1. The van der Waals surface area contributed by atoms with Crippen LogP contribution < -0.4 is 10.5 Å². The van der Waals surface area contributed by atoms with Crippen LogP contribution in [0.4, 0.5) is 0 Å². The number of rotatable bonds is 5. The lowest BCUT2D eigenvalue weighted by atomic mass is 10.3. The van der Waals surface area contributed by atoms with Gasteiger partial charge in [0, 0.05) is 0 Å². The molecule has 5 nitrogen and oxygen atoms in total. The van der Waals surface area contributed by atoms with Crippen LogP contribution in [0.5, 0.6) is 5.75 Å². The minimum Gasteiger partial charge on any atom is -0.494 e. The van der Waals surface area contributed by atoms with E-state index in [9.17, 15) is 4.79 Å². The number of carboxylic acid groups (broad SMARTS) is 1. The smallest absolute Gasteiger partial charge is 0.332 e. The van der Waals surface area contributed by atoms with Crippen LogP contribution in [0, 0.1) is 0 Å². The van der Waals surface area contributed by atoms with E-state index in [0.29, 0.717) is 13.2 Å². The monoisotopic (exact) mass is 241 g/mol. The molecule has 1 rings (SSSR count). The molecule has 0 amide bonds. The standard InChI is InChI=1S/C9H13NO.C3H6O3/c10-7-4-8-11-9-5-2-1-3-6-9;1-2(4)3(5)6/h1-3,5-6H,4,7-8,10H2;2,4H,1H3,(H,5,6). The van der Waals surface area contributed by atoms with Crippen LogP contribution >= 0.6 is 0 Å². The molecular weight excluding hydrogens is 222 g/mol. The Morgan fingerprint density at radius 2 is 1.94 bits per heavy atom. The molecular formula is C12H19NO4. The molecule has 0 radical (unpaired) electrons. The number of aliphatic hydroxyl groups excluding tert-OH is 1. The summed E-state index contributed by atoms with van der Waals surface area (Å²) in [6, 6.07) is 9.76. The van der Waals surface area contributed by atoms with Gasteiger partial charge in [0.05, 0.1) is 6.61 Å². The molecule has 1 atom stereocenters. The summed E-state index contributed by atoms with van der Waals surface area (Å²) in [4.78, 5) is 9.45. The van der Waals surface area contributed by atoms with Gasteiger partial charge >= 0.3 is 5.97 Å². The maximum absolute atomic E-state index is 9.45. The number of carboxylic acids is 1. The second-order valence-electron chi connectivity index (χ2n) is 3.32. The molecule has 0 aliphatic heterocycles. The lowest BCUT2D eigenvalue weighted by Crippen LogP contribution is -2.13. The highest BCUT2D eigenvalue weighted by molar-refractivity contribution is 5.71. The van der Waals surface area contributed by atoms with Crippen molar-refractivity contribution in [2.24, 2.45) is 5.73 Å². The quantitative estimate of drug-likeness (QED) is 0.665. The van der Waals surface area contributed by atoms with Gasteiger partial charge in [-0.25, -0.2) is 4.79 Å². The third-order valence-electron chi connectivity index (χ3n) is 1.72. The van der Waals surface area contributed by atoms with Crippen molar-refractivity contribution >= 4 is 5.97 Å². The van der Waals surface area contributed by atoms with Crippen LogP contribution in [-0.2, 0) is 4.79 Å². The molecule has 17 heavy (non-hydrogen) atoms. The van der Waals surface area contributed by atoms with Gasteiger partial charge in [-0.3, -0.25) is 0 Å². The van der Waals surface area contributed by atoms with Gasteiger partial charge in [0.1, 0.15) is 11.9 Å². The number of benzene rings is 1. The van der Waals surface area contributed by atoms with Crippen LogP contribution in [0.25, 0.3) is 0 Å². The van der Waals surface area contributed by atoms with E-state index >= 15 is 0 Å². The van der Waals surface area contributed by atoms with Crippen molar-refractivity contribution in [3.63, 3.8) is 0 Å². The van der Waals surface area contributed by atoms with Gasteiger partial charge in [0.15, 0.2) is 0 Å². The van der Waals surface area contributed by atoms with E-state index in [0.717, 1.165) is 12.2 Å². The topological polar surface area (TPSA) is 92.8 Å². The largest absolute Gasteiger partial charge is 0.494 e. The van der Waals surface area contributed by atoms with Crippen molar-refractivity contribution in [2.45, 2.75) is 19.4 Å². The Morgan fingerprint density at radius 1 is 1.41 bits per heavy atom. The van der Waals surface area contributed by atoms with Gasteiger partial charge in [-0.1, -0.05) is 18.2 Å². The Bertz CT molecular complexity index is 301. The highest BCUT2D eigenvalue weighted by Crippen LogP contribution is 2.07. The minimum atomic E-state index is -1.23. The fourth-order valence-corrected chi connectivity index (χ4v) is 0.790. The molecule has 1 aromatic rings. The predicted molar refractivity (Wildman–Crippen MR) is 64.9 cm³/mol. The molecule has 1 aromatic carbocycles. The Labute approximate surface area is 101 Å². The number of nitrogens with two attached hydrogens (primary N) is 1. The molecule has 0 saturated carbocycles. The van der Waals surface area contributed by atoms with Crippen molar-refractivity contribution < 1.29 is 19.7 Å². The maximum Gasteiger partial charge on any atom is 0.332 e. The summed E-state index contributed by atoms with van der Waals surface area (Å²) in [5.41, 5.74) is 5.31. The molecule has 0 aromatic heterocycles. The highest BCUT2D eigenvalue weighted by atomic mass is 16.5. The van der Waals surface area contributed by atoms with E-state index in [-0.39, 0.29) is 0 Å². The number of aliphatic carboxylic acids is 1. The second kappa shape index (κ2) is 9.62. The molecule has 0 aliphatic carbocycles. The number of aliphatic hydroxyl groups is 1. The first kappa shape index (κ1) is 15.4. The average Bonchev–Trinajstić information content (AvgIpc) is 2.31. The van der Waals surface area contributed by atoms with E-state index in [1.807, 2.05) is 30.3 Å². The molecule has 0 bridgehead atoms. The summed E-state index contributed by atoms with van der Waals surface area (Å²) in [6.45, 7) is 2.59. The number of para-hydroxylation sites is 1. The maximum atomic E-state index is 9.45. The number of hydrogen-bond acceptors (Lipinski definition) is 4. The van der Waals surface area contributed by atoms with Gasteiger partial charge in [0.2, 0.25) is 0 Å². The Balaban J connectivity index is 0.000000366. The third-order valence-corrected chi connectivity index (χ3v) is 1.72. The van der Waals surface area contributed by atoms with Crippen molar-refractivity contribution in [3.8, 4) is 5.75 Å². The van der Waals surface area contributed by atoms with Crippen LogP contribution in [0.15, 0.2) is 30.3 Å². The zero-order valence-electron chi connectivity index (χ0n) is 9.87. The zero-order chi connectivity index (χ0) is 13.1. The molecule has 0 aliphatic rings. The lowest BCUT2D eigenvalue weighted by molar-refractivity contribution is -0.145. The molecule has 5 heteroatoms. The number of hydrogen-bond donors (Lipinski definition) is 3. The molecule has 0 fully saturated rings. The van der Waals surface area contributed by atoms with Gasteiger partial charge in [-0.2, -0.15) is 0 Å². The van der Waals surface area contributed by atoms with Crippen LogP contribution in [0.3, 0.4) is 0 Å². The Hall–Kier alpha value is -1.59. The second-order valence-corrected chi connectivity index (χ2v) is 3.32. The van der Waals surface area contributed by atoms with E-state index < -0.39 is 12.1 Å². The minimum absolute atomic E-state index is 0.687. The summed E-state index contributed by atoms with van der Waals surface area (Å²) >= 11 is 0. The van der Waals surface area contributed by atoms with Crippen molar-refractivity contribution in [1.29, 1.82) is 0 Å². The summed E-state index contributed by atoms with van der Waals surface area (Å²) < 4.78 is 5.37. The molecule has 0 spiro atoms. The Morgan fingerprint density at radius 3 is 2.35 bits per heavy atom. The van der Waals surface area contributed by atoms with E-state index in [4.69, 9.17) is 20.7 Å². The number of ether oxygens (including phenoxy) is 1. The highest BCUT2D eigenvalue weighted by Gasteiger charge is 2.01. The van der Waals surface area contributed by atoms with Crippen molar-refractivity contribution in [2.75, 3.05) is 13.2 Å². The van der Waals surface area contributed by atoms with E-state index in [1.54, 1.807) is 0 Å². The van der Waals surface area contributed by atoms with Crippen LogP contribution in [0.1, 0.15) is 13.3 Å². The van der Waals surface area contributed by atoms with Crippen LogP contribution in [-0.4, -0.2) is 35.4 Å². The SMILES string of the molecule is CC(O)C(=O)O.NCCCOc1ccccc1. The summed E-state index contributed by atoms with van der Waals surface area (Å²) in [5, 5.41) is 15.8. The normalized spacial score (nSPS) is 11.0. The summed E-state index contributed by atoms with van der Waals surface area (Å²) in [5.74, 6) is -0.268. The molecule has 1 unspecified atom stereocenters. The molecule has 4 N–H and O–H groups in total. The predicted octanol–water partition coefficient (Wildman–Crippen LogP) is 0.866. The first-order valence-corrected chi connectivity index (χ1v) is 5.36. The van der Waals surface area contributed by atoms with Gasteiger partial charge < -0.3 is 20.7 Å². The van der Waals surface area contributed by atoms with Crippen LogP contribution in [0.2, 0.25) is 0 Å². The fourth-order valence-electron chi connectivity index (χ4n) is 0.790. The van der Waals surface area contributed by atoms with E-state index in [2.05, 4.69) is 0 Å². The zero-order valence-corrected chi connectivity index (χ0v) is 9.87. The molecule has 96 valence electrons.